The van der Waals surface area contributed by atoms with Crippen LogP contribution >= 0.6 is 21.8 Å². The zero-order valence-corrected chi connectivity index (χ0v) is 10.4. The summed E-state index contributed by atoms with van der Waals surface area (Å²) in [6.45, 7) is 5.96. The van der Waals surface area contributed by atoms with Gasteiger partial charge in [-0.2, -0.15) is 0 Å². The number of carbonyl (C=O) groups excluding carboxylic acids is 1. The Balaban J connectivity index is 3.55. The Kier molecular flexibility index (Phi) is 9.67. The maximum Gasteiger partial charge on any atom is 0.307 e. The van der Waals surface area contributed by atoms with Crippen LogP contribution in [0.4, 0.5) is 0 Å². The summed E-state index contributed by atoms with van der Waals surface area (Å²) in [5, 5.41) is 0. The van der Waals surface area contributed by atoms with E-state index in [0.717, 1.165) is 19.4 Å². The number of carbonyl (C=O) groups is 1. The fourth-order valence-electron chi connectivity index (χ4n) is 0.964. The first kappa shape index (κ1) is 14.1. The molecule has 0 heterocycles. The smallest absolute Gasteiger partial charge is 0.307 e. The molecule has 0 amide bonds. The molecule has 0 radical (unpaired) electrons. The fourth-order valence-corrected chi connectivity index (χ4v) is 1.74. The molecule has 0 rings (SSSR count). The van der Waals surface area contributed by atoms with Crippen molar-refractivity contribution in [3.05, 3.63) is 0 Å². The molecule has 0 N–H and O–H groups in total. The van der Waals surface area contributed by atoms with E-state index >= 15 is 0 Å². The number of nitrogens with zero attached hydrogens (tertiary/aromatic N) is 1. The number of rotatable bonds is 8. The molecule has 0 bridgehead atoms. The van der Waals surface area contributed by atoms with E-state index in [1.807, 2.05) is 11.2 Å². The molecule has 0 spiro atoms. The average molecular weight is 240 g/mol. The lowest BCUT2D eigenvalue weighted by molar-refractivity contribution is -0.143. The van der Waals surface area contributed by atoms with Gasteiger partial charge in [-0.05, 0) is 24.0 Å². The SMILES string of the molecule is CCCCN(CCC(=O)OCC)SCl. The van der Waals surface area contributed by atoms with Crippen molar-refractivity contribution in [2.45, 2.75) is 33.1 Å². The summed E-state index contributed by atoms with van der Waals surface area (Å²) in [4.78, 5) is 11.0. The van der Waals surface area contributed by atoms with Crippen molar-refractivity contribution in [2.24, 2.45) is 0 Å². The number of hydrogen-bond donors (Lipinski definition) is 0. The highest BCUT2D eigenvalue weighted by atomic mass is 35.7. The lowest BCUT2D eigenvalue weighted by Gasteiger charge is -2.16. The highest BCUT2D eigenvalue weighted by Gasteiger charge is 2.07. The van der Waals surface area contributed by atoms with Gasteiger partial charge in [0.15, 0.2) is 0 Å². The standard InChI is InChI=1S/C9H18ClNO2S/c1-3-5-7-11(14-10)8-6-9(12)13-4-2/h3-8H2,1-2H3. The first-order valence-corrected chi connectivity index (χ1v) is 6.53. The van der Waals surface area contributed by atoms with Gasteiger partial charge in [-0.15, -0.1) is 0 Å². The average Bonchev–Trinajstić information content (AvgIpc) is 2.19. The first-order chi connectivity index (χ1) is 6.74. The molecule has 0 aromatic carbocycles. The van der Waals surface area contributed by atoms with Gasteiger partial charge >= 0.3 is 5.97 Å². The molecule has 0 saturated carbocycles. The van der Waals surface area contributed by atoms with Crippen LogP contribution in [-0.4, -0.2) is 30.0 Å². The molecule has 84 valence electrons. The van der Waals surface area contributed by atoms with Crippen LogP contribution in [0.2, 0.25) is 0 Å². The van der Waals surface area contributed by atoms with Gasteiger partial charge in [0, 0.05) is 24.3 Å². The molecule has 3 nitrogen and oxygen atoms in total. The molecule has 0 atom stereocenters. The van der Waals surface area contributed by atoms with Crippen LogP contribution in [0.1, 0.15) is 33.1 Å². The van der Waals surface area contributed by atoms with Crippen LogP contribution in [0.3, 0.4) is 0 Å². The summed E-state index contributed by atoms with van der Waals surface area (Å²) in [5.41, 5.74) is 0. The molecule has 0 fully saturated rings. The van der Waals surface area contributed by atoms with Crippen molar-refractivity contribution in [1.29, 1.82) is 0 Å². The molecule has 5 heteroatoms. The molecule has 0 aliphatic carbocycles. The molecular weight excluding hydrogens is 222 g/mol. The topological polar surface area (TPSA) is 29.5 Å². The summed E-state index contributed by atoms with van der Waals surface area (Å²) in [6, 6.07) is 0. The van der Waals surface area contributed by atoms with Gasteiger partial charge in [0.05, 0.1) is 13.0 Å². The van der Waals surface area contributed by atoms with E-state index in [-0.39, 0.29) is 5.97 Å². The van der Waals surface area contributed by atoms with Gasteiger partial charge in [-0.3, -0.25) is 4.79 Å². The number of ether oxygens (including phenoxy) is 1. The van der Waals surface area contributed by atoms with E-state index in [1.54, 1.807) is 0 Å². The Morgan fingerprint density at radius 2 is 2.14 bits per heavy atom. The van der Waals surface area contributed by atoms with Crippen LogP contribution < -0.4 is 0 Å². The summed E-state index contributed by atoms with van der Waals surface area (Å²) in [6.07, 6.45) is 2.65. The normalized spacial score (nSPS) is 10.6. The number of unbranched alkanes of at least 4 members (excludes halogenated alkanes) is 1. The van der Waals surface area contributed by atoms with Crippen molar-refractivity contribution in [1.82, 2.24) is 4.31 Å². The number of halogens is 1. The Morgan fingerprint density at radius 1 is 1.43 bits per heavy atom. The van der Waals surface area contributed by atoms with Gasteiger partial charge in [-0.25, -0.2) is 4.31 Å². The predicted molar refractivity (Wildman–Crippen MR) is 61.2 cm³/mol. The van der Waals surface area contributed by atoms with E-state index < -0.39 is 0 Å². The lowest BCUT2D eigenvalue weighted by Crippen LogP contribution is -2.20. The summed E-state index contributed by atoms with van der Waals surface area (Å²) >= 11 is 1.17. The van der Waals surface area contributed by atoms with E-state index in [2.05, 4.69) is 6.92 Å². The Labute approximate surface area is 94.8 Å². The van der Waals surface area contributed by atoms with Crippen LogP contribution in [0.25, 0.3) is 0 Å². The third-order valence-electron chi connectivity index (χ3n) is 1.73. The van der Waals surface area contributed by atoms with Crippen molar-refractivity contribution in [2.75, 3.05) is 19.7 Å². The van der Waals surface area contributed by atoms with Gasteiger partial charge in [0.1, 0.15) is 0 Å². The van der Waals surface area contributed by atoms with E-state index in [1.165, 1.54) is 11.2 Å². The van der Waals surface area contributed by atoms with Crippen molar-refractivity contribution in [3.63, 3.8) is 0 Å². The number of hydrogen-bond acceptors (Lipinski definition) is 4. The van der Waals surface area contributed by atoms with Crippen LogP contribution in [0.15, 0.2) is 0 Å². The highest BCUT2D eigenvalue weighted by Crippen LogP contribution is 2.15. The van der Waals surface area contributed by atoms with Crippen molar-refractivity contribution in [3.8, 4) is 0 Å². The lowest BCUT2D eigenvalue weighted by atomic mass is 10.3. The number of esters is 1. The summed E-state index contributed by atoms with van der Waals surface area (Å²) in [5.74, 6) is -0.153. The third-order valence-corrected chi connectivity index (χ3v) is 2.88. The van der Waals surface area contributed by atoms with Crippen molar-refractivity contribution < 1.29 is 9.53 Å². The monoisotopic (exact) mass is 239 g/mol. The summed E-state index contributed by atoms with van der Waals surface area (Å²) in [7, 11) is 5.65. The van der Waals surface area contributed by atoms with Crippen LogP contribution in [0, 0.1) is 0 Å². The second-order valence-electron chi connectivity index (χ2n) is 2.91. The minimum absolute atomic E-state index is 0.153. The minimum Gasteiger partial charge on any atom is -0.466 e. The highest BCUT2D eigenvalue weighted by molar-refractivity contribution is 8.19. The maximum atomic E-state index is 11.0. The van der Waals surface area contributed by atoms with Crippen LogP contribution in [0.5, 0.6) is 0 Å². The second kappa shape index (κ2) is 9.62. The molecule has 0 aliphatic heterocycles. The predicted octanol–water partition coefficient (Wildman–Crippen LogP) is 2.84. The van der Waals surface area contributed by atoms with E-state index in [0.29, 0.717) is 19.6 Å². The van der Waals surface area contributed by atoms with Crippen molar-refractivity contribution >= 4 is 27.8 Å². The molecule has 0 saturated heterocycles. The van der Waals surface area contributed by atoms with Crippen LogP contribution in [-0.2, 0) is 9.53 Å². The minimum atomic E-state index is -0.153. The zero-order chi connectivity index (χ0) is 10.8. The Hall–Kier alpha value is 0.0700. The fraction of sp³-hybridized carbons (Fsp3) is 0.889. The third kappa shape index (κ3) is 7.47. The Morgan fingerprint density at radius 3 is 2.64 bits per heavy atom. The molecule has 0 unspecified atom stereocenters. The largest absolute Gasteiger partial charge is 0.466 e. The van der Waals surface area contributed by atoms with Gasteiger partial charge in [0.2, 0.25) is 0 Å². The van der Waals surface area contributed by atoms with Gasteiger partial charge in [0.25, 0.3) is 0 Å². The molecule has 0 aromatic rings. The quantitative estimate of drug-likeness (QED) is 0.481. The zero-order valence-electron chi connectivity index (χ0n) is 8.79. The summed E-state index contributed by atoms with van der Waals surface area (Å²) < 4.78 is 6.80. The van der Waals surface area contributed by atoms with Gasteiger partial charge in [-0.1, -0.05) is 13.3 Å². The van der Waals surface area contributed by atoms with E-state index in [4.69, 9.17) is 15.4 Å². The van der Waals surface area contributed by atoms with E-state index in [9.17, 15) is 4.79 Å². The van der Waals surface area contributed by atoms with Gasteiger partial charge < -0.3 is 4.74 Å². The Bertz CT molecular complexity index is 158. The molecule has 14 heavy (non-hydrogen) atoms. The molecular formula is C9H18ClNO2S. The maximum absolute atomic E-state index is 11.0. The molecule has 0 aliphatic rings. The molecule has 0 aromatic heterocycles. The second-order valence-corrected chi connectivity index (χ2v) is 3.98. The first-order valence-electron chi connectivity index (χ1n) is 4.93.